The van der Waals surface area contributed by atoms with Crippen molar-refractivity contribution in [2.75, 3.05) is 13.4 Å². The predicted octanol–water partition coefficient (Wildman–Crippen LogP) is 2.22. The number of hydrogen-bond donors (Lipinski definition) is 0. The molecule has 0 aliphatic heterocycles. The second kappa shape index (κ2) is 5.72. The van der Waals surface area contributed by atoms with Crippen LogP contribution in [0.2, 0.25) is 0 Å². The summed E-state index contributed by atoms with van der Waals surface area (Å²) in [5.41, 5.74) is 0. The molecule has 0 amide bonds. The second-order valence-electron chi connectivity index (χ2n) is 2.40. The molecule has 14 heavy (non-hydrogen) atoms. The number of aromatic nitrogens is 2. The van der Waals surface area contributed by atoms with Gasteiger partial charge in [-0.05, 0) is 22.9 Å². The molecular weight excluding hydrogens is 248 g/mol. The van der Waals surface area contributed by atoms with Gasteiger partial charge in [0, 0.05) is 19.0 Å². The smallest absolute Gasteiger partial charge is 0.194 e. The van der Waals surface area contributed by atoms with E-state index in [1.807, 2.05) is 6.92 Å². The molecule has 4 nitrogen and oxygen atoms in total. The summed E-state index contributed by atoms with van der Waals surface area (Å²) in [7, 11) is 0. The van der Waals surface area contributed by atoms with E-state index in [2.05, 4.69) is 32.5 Å². The molecule has 1 aromatic heterocycles. The van der Waals surface area contributed by atoms with E-state index in [4.69, 9.17) is 9.47 Å². The van der Waals surface area contributed by atoms with Crippen LogP contribution in [0.4, 0.5) is 0 Å². The molecule has 0 aliphatic rings. The van der Waals surface area contributed by atoms with E-state index in [1.165, 1.54) is 0 Å². The minimum Gasteiger partial charge on any atom is -0.464 e. The van der Waals surface area contributed by atoms with Gasteiger partial charge in [-0.1, -0.05) is 6.58 Å². The first-order chi connectivity index (χ1) is 6.74. The molecule has 0 unspecified atom stereocenters. The maximum atomic E-state index is 5.15. The highest BCUT2D eigenvalue weighted by atomic mass is 79.9. The zero-order valence-corrected chi connectivity index (χ0v) is 9.45. The van der Waals surface area contributed by atoms with E-state index in [-0.39, 0.29) is 6.79 Å². The fraction of sp³-hybridized carbons (Fsp3) is 0.333. The van der Waals surface area contributed by atoms with E-state index in [1.54, 1.807) is 12.4 Å². The molecule has 0 aromatic carbocycles. The van der Waals surface area contributed by atoms with Crippen molar-refractivity contribution in [3.05, 3.63) is 29.3 Å². The van der Waals surface area contributed by atoms with Crippen LogP contribution in [0.15, 0.2) is 23.4 Å². The summed E-state index contributed by atoms with van der Waals surface area (Å²) in [5, 5.41) is 0. The number of rotatable bonds is 5. The van der Waals surface area contributed by atoms with Crippen molar-refractivity contribution in [1.82, 2.24) is 9.97 Å². The van der Waals surface area contributed by atoms with Crippen molar-refractivity contribution < 1.29 is 9.47 Å². The summed E-state index contributed by atoms with van der Waals surface area (Å²) in [6, 6.07) is 0. The third kappa shape index (κ3) is 3.43. The van der Waals surface area contributed by atoms with Gasteiger partial charge >= 0.3 is 0 Å². The molecule has 0 radical (unpaired) electrons. The first kappa shape index (κ1) is 11.1. The Kier molecular flexibility index (Phi) is 4.55. The Hall–Kier alpha value is -0.940. The SMILES string of the molecule is C=C(OCOCC)c1ncc(Br)cn1. The van der Waals surface area contributed by atoms with E-state index in [0.29, 0.717) is 18.2 Å². The Morgan fingerprint density at radius 2 is 2.14 bits per heavy atom. The van der Waals surface area contributed by atoms with Crippen molar-refractivity contribution >= 4 is 21.7 Å². The highest BCUT2D eigenvalue weighted by molar-refractivity contribution is 9.10. The zero-order chi connectivity index (χ0) is 10.4. The summed E-state index contributed by atoms with van der Waals surface area (Å²) < 4.78 is 11.0. The highest BCUT2D eigenvalue weighted by Crippen LogP contribution is 2.10. The van der Waals surface area contributed by atoms with Gasteiger partial charge in [0.1, 0.15) is 0 Å². The normalized spacial score (nSPS) is 9.86. The van der Waals surface area contributed by atoms with Crippen LogP contribution in [0.5, 0.6) is 0 Å². The average Bonchev–Trinajstić information content (AvgIpc) is 2.19. The Labute approximate surface area is 91.1 Å². The van der Waals surface area contributed by atoms with Gasteiger partial charge in [0.25, 0.3) is 0 Å². The Morgan fingerprint density at radius 3 is 2.71 bits per heavy atom. The van der Waals surface area contributed by atoms with E-state index in [0.717, 1.165) is 4.47 Å². The fourth-order valence-corrected chi connectivity index (χ4v) is 0.922. The van der Waals surface area contributed by atoms with Gasteiger partial charge in [0.15, 0.2) is 18.4 Å². The molecule has 0 aliphatic carbocycles. The maximum Gasteiger partial charge on any atom is 0.194 e. The Balaban J connectivity index is 2.48. The fourth-order valence-electron chi connectivity index (χ4n) is 0.717. The third-order valence-electron chi connectivity index (χ3n) is 1.39. The van der Waals surface area contributed by atoms with Gasteiger partial charge in [-0.25, -0.2) is 9.97 Å². The predicted molar refractivity (Wildman–Crippen MR) is 56.3 cm³/mol. The van der Waals surface area contributed by atoms with Crippen LogP contribution in [0.3, 0.4) is 0 Å². The number of nitrogens with zero attached hydrogens (tertiary/aromatic N) is 2. The molecule has 76 valence electrons. The quantitative estimate of drug-likeness (QED) is 0.462. The molecule has 0 atom stereocenters. The Bertz CT molecular complexity index is 300. The van der Waals surface area contributed by atoms with E-state index >= 15 is 0 Å². The van der Waals surface area contributed by atoms with Crippen LogP contribution in [-0.2, 0) is 9.47 Å². The summed E-state index contributed by atoms with van der Waals surface area (Å²) in [6.07, 6.45) is 3.27. The standard InChI is InChI=1S/C9H11BrN2O2/c1-3-13-6-14-7(2)9-11-4-8(10)5-12-9/h4-5H,2-3,6H2,1H3. The lowest BCUT2D eigenvalue weighted by Crippen LogP contribution is -2.01. The molecule has 0 bridgehead atoms. The van der Waals surface area contributed by atoms with Gasteiger partial charge in [-0.15, -0.1) is 0 Å². The van der Waals surface area contributed by atoms with Crippen LogP contribution in [0.25, 0.3) is 5.76 Å². The van der Waals surface area contributed by atoms with E-state index < -0.39 is 0 Å². The van der Waals surface area contributed by atoms with Gasteiger partial charge < -0.3 is 9.47 Å². The molecule has 1 aromatic rings. The average molecular weight is 259 g/mol. The topological polar surface area (TPSA) is 44.2 Å². The van der Waals surface area contributed by atoms with Gasteiger partial charge in [0.05, 0.1) is 4.47 Å². The zero-order valence-electron chi connectivity index (χ0n) is 7.86. The molecule has 0 N–H and O–H groups in total. The highest BCUT2D eigenvalue weighted by Gasteiger charge is 2.02. The van der Waals surface area contributed by atoms with Gasteiger partial charge in [0.2, 0.25) is 0 Å². The third-order valence-corrected chi connectivity index (χ3v) is 1.80. The van der Waals surface area contributed by atoms with Crippen LogP contribution in [0, 0.1) is 0 Å². The Morgan fingerprint density at radius 1 is 1.50 bits per heavy atom. The maximum absolute atomic E-state index is 5.15. The van der Waals surface area contributed by atoms with Crippen molar-refractivity contribution in [3.63, 3.8) is 0 Å². The number of hydrogen-bond acceptors (Lipinski definition) is 4. The van der Waals surface area contributed by atoms with Crippen molar-refractivity contribution in [1.29, 1.82) is 0 Å². The van der Waals surface area contributed by atoms with Gasteiger partial charge in [-0.2, -0.15) is 0 Å². The monoisotopic (exact) mass is 258 g/mol. The molecule has 0 saturated carbocycles. The summed E-state index contributed by atoms with van der Waals surface area (Å²) in [6.45, 7) is 6.36. The lowest BCUT2D eigenvalue weighted by Gasteiger charge is -2.06. The largest absolute Gasteiger partial charge is 0.464 e. The second-order valence-corrected chi connectivity index (χ2v) is 3.32. The number of ether oxygens (including phenoxy) is 2. The lowest BCUT2D eigenvalue weighted by atomic mass is 10.5. The molecule has 1 rings (SSSR count). The lowest BCUT2D eigenvalue weighted by molar-refractivity contribution is 0.00497. The van der Waals surface area contributed by atoms with Crippen LogP contribution in [0.1, 0.15) is 12.7 Å². The summed E-state index contributed by atoms with van der Waals surface area (Å²) in [4.78, 5) is 8.04. The van der Waals surface area contributed by atoms with Crippen molar-refractivity contribution in [2.45, 2.75) is 6.92 Å². The van der Waals surface area contributed by atoms with E-state index in [9.17, 15) is 0 Å². The first-order valence-electron chi connectivity index (χ1n) is 4.11. The molecule has 0 spiro atoms. The van der Waals surface area contributed by atoms with Crippen LogP contribution < -0.4 is 0 Å². The van der Waals surface area contributed by atoms with Crippen molar-refractivity contribution in [2.24, 2.45) is 0 Å². The minimum atomic E-state index is 0.175. The van der Waals surface area contributed by atoms with Crippen molar-refractivity contribution in [3.8, 4) is 0 Å². The number of halogens is 1. The van der Waals surface area contributed by atoms with Crippen LogP contribution >= 0.6 is 15.9 Å². The summed E-state index contributed by atoms with van der Waals surface area (Å²) >= 11 is 3.24. The van der Waals surface area contributed by atoms with Gasteiger partial charge in [-0.3, -0.25) is 0 Å². The molecule has 0 saturated heterocycles. The molecule has 1 heterocycles. The van der Waals surface area contributed by atoms with Crippen LogP contribution in [-0.4, -0.2) is 23.4 Å². The first-order valence-corrected chi connectivity index (χ1v) is 4.90. The molecular formula is C9H11BrN2O2. The molecule has 5 heteroatoms. The molecule has 0 fully saturated rings. The minimum absolute atomic E-state index is 0.175. The summed E-state index contributed by atoms with van der Waals surface area (Å²) in [5.74, 6) is 0.874.